The molecule has 3 rings (SSSR count). The van der Waals surface area contributed by atoms with Gasteiger partial charge >= 0.3 is 0 Å². The number of ether oxygens (including phenoxy) is 2. The summed E-state index contributed by atoms with van der Waals surface area (Å²) in [5.41, 5.74) is 6.44. The molecule has 1 aliphatic rings. The fourth-order valence-corrected chi connectivity index (χ4v) is 4.67. The molecule has 0 atom stereocenters. The Balaban J connectivity index is 1.70. The molecular weight excluding hydrogens is 408 g/mol. The second-order valence-corrected chi connectivity index (χ2v) is 8.64. The first kappa shape index (κ1) is 21.6. The predicted molar refractivity (Wildman–Crippen MR) is 112 cm³/mol. The first-order valence-electron chi connectivity index (χ1n) is 9.24. The molecule has 0 unspecified atom stereocenters. The fourth-order valence-electron chi connectivity index (χ4n) is 3.23. The van der Waals surface area contributed by atoms with Crippen molar-refractivity contribution in [3.05, 3.63) is 53.6 Å². The van der Waals surface area contributed by atoms with Gasteiger partial charge in [-0.2, -0.15) is 4.31 Å². The van der Waals surface area contributed by atoms with E-state index in [9.17, 15) is 13.2 Å². The zero-order valence-corrected chi connectivity index (χ0v) is 17.6. The van der Waals surface area contributed by atoms with E-state index in [-0.39, 0.29) is 42.8 Å². The second-order valence-electron chi connectivity index (χ2n) is 6.70. The molecule has 1 aliphatic heterocycles. The molecule has 0 bridgehead atoms. The van der Waals surface area contributed by atoms with Crippen molar-refractivity contribution in [2.75, 3.05) is 40.4 Å². The number of methoxy groups -OCH3 is 2. The lowest BCUT2D eigenvalue weighted by molar-refractivity contribution is 0.0698. The quantitative estimate of drug-likeness (QED) is 0.521. The lowest BCUT2D eigenvalue weighted by atomic mass is 10.1. The van der Waals surface area contributed by atoms with Gasteiger partial charge in [0.05, 0.1) is 19.1 Å². The van der Waals surface area contributed by atoms with Crippen molar-refractivity contribution in [1.29, 1.82) is 5.41 Å². The van der Waals surface area contributed by atoms with Crippen molar-refractivity contribution < 1.29 is 22.7 Å². The summed E-state index contributed by atoms with van der Waals surface area (Å²) in [6.45, 7) is 0.932. The summed E-state index contributed by atoms with van der Waals surface area (Å²) in [5.74, 6) is 0.528. The number of carbonyl (C=O) groups excluding carboxylic acids is 1. The van der Waals surface area contributed by atoms with E-state index >= 15 is 0 Å². The van der Waals surface area contributed by atoms with Crippen LogP contribution in [0.15, 0.2) is 47.4 Å². The third-order valence-electron chi connectivity index (χ3n) is 4.96. The zero-order valence-electron chi connectivity index (χ0n) is 16.8. The number of benzene rings is 2. The molecule has 160 valence electrons. The van der Waals surface area contributed by atoms with Crippen LogP contribution in [0.1, 0.15) is 15.9 Å². The van der Waals surface area contributed by atoms with Crippen LogP contribution in [0, 0.1) is 5.41 Å². The van der Waals surface area contributed by atoms with Gasteiger partial charge in [-0.25, -0.2) is 8.42 Å². The molecule has 1 heterocycles. The van der Waals surface area contributed by atoms with Gasteiger partial charge in [0.15, 0.2) is 11.5 Å². The Morgan fingerprint density at radius 1 is 0.933 bits per heavy atom. The highest BCUT2D eigenvalue weighted by Gasteiger charge is 2.31. The van der Waals surface area contributed by atoms with E-state index in [2.05, 4.69) is 0 Å². The Hall–Kier alpha value is -3.11. The number of hydrogen-bond acceptors (Lipinski definition) is 6. The summed E-state index contributed by atoms with van der Waals surface area (Å²) in [5, 5.41) is 7.41. The van der Waals surface area contributed by atoms with Crippen LogP contribution in [0.5, 0.6) is 11.5 Å². The molecule has 9 nitrogen and oxygen atoms in total. The summed E-state index contributed by atoms with van der Waals surface area (Å²) in [7, 11) is -0.798. The van der Waals surface area contributed by atoms with Crippen molar-refractivity contribution >= 4 is 21.8 Å². The van der Waals surface area contributed by atoms with Crippen LogP contribution in [-0.2, 0) is 10.0 Å². The monoisotopic (exact) mass is 432 g/mol. The number of amides is 1. The number of hydrogen-bond donors (Lipinski definition) is 2. The number of nitrogen functional groups attached to an aromatic ring is 1. The maximum atomic E-state index is 13.0. The summed E-state index contributed by atoms with van der Waals surface area (Å²) < 4.78 is 37.7. The minimum absolute atomic E-state index is 0.0667. The fraction of sp³-hybridized carbons (Fsp3) is 0.300. The van der Waals surface area contributed by atoms with E-state index in [1.165, 1.54) is 30.7 Å². The number of nitrogens with two attached hydrogens (primary N) is 1. The molecule has 10 heteroatoms. The van der Waals surface area contributed by atoms with Gasteiger partial charge in [-0.15, -0.1) is 0 Å². The summed E-state index contributed by atoms with van der Waals surface area (Å²) in [4.78, 5) is 14.4. The highest BCUT2D eigenvalue weighted by atomic mass is 32.2. The third kappa shape index (κ3) is 4.24. The summed E-state index contributed by atoms with van der Waals surface area (Å²) in [6, 6.07) is 10.9. The number of nitrogens with zero attached hydrogens (tertiary/aromatic N) is 2. The lowest BCUT2D eigenvalue weighted by Crippen LogP contribution is -2.50. The van der Waals surface area contributed by atoms with Gasteiger partial charge in [0, 0.05) is 43.4 Å². The Bertz CT molecular complexity index is 1050. The number of carbonyl (C=O) groups is 1. The lowest BCUT2D eigenvalue weighted by Gasteiger charge is -2.34. The normalized spacial score (nSPS) is 14.9. The number of rotatable bonds is 6. The van der Waals surface area contributed by atoms with Crippen LogP contribution in [0.2, 0.25) is 0 Å². The van der Waals surface area contributed by atoms with Gasteiger partial charge in [0.1, 0.15) is 5.84 Å². The predicted octanol–water partition coefficient (Wildman–Crippen LogP) is 1.13. The van der Waals surface area contributed by atoms with Crippen LogP contribution in [-0.4, -0.2) is 69.8 Å². The van der Waals surface area contributed by atoms with E-state index in [1.54, 1.807) is 35.2 Å². The third-order valence-corrected chi connectivity index (χ3v) is 6.86. The van der Waals surface area contributed by atoms with Gasteiger partial charge in [0.25, 0.3) is 5.91 Å². The summed E-state index contributed by atoms with van der Waals surface area (Å²) in [6.07, 6.45) is 0. The first-order chi connectivity index (χ1) is 14.3. The number of piperazine rings is 1. The minimum atomic E-state index is -3.73. The molecule has 2 aromatic rings. The number of amidine groups is 1. The van der Waals surface area contributed by atoms with Crippen LogP contribution in [0.25, 0.3) is 0 Å². The molecule has 0 spiro atoms. The molecular formula is C20H24N4O5S. The van der Waals surface area contributed by atoms with Crippen molar-refractivity contribution in [2.45, 2.75) is 4.90 Å². The smallest absolute Gasteiger partial charge is 0.253 e. The van der Waals surface area contributed by atoms with Crippen molar-refractivity contribution in [2.24, 2.45) is 5.73 Å². The topological polar surface area (TPSA) is 126 Å². The molecule has 2 aromatic carbocycles. The largest absolute Gasteiger partial charge is 0.493 e. The first-order valence-corrected chi connectivity index (χ1v) is 10.7. The van der Waals surface area contributed by atoms with E-state index in [0.717, 1.165) is 0 Å². The summed E-state index contributed by atoms with van der Waals surface area (Å²) >= 11 is 0. The van der Waals surface area contributed by atoms with Gasteiger partial charge in [0.2, 0.25) is 10.0 Å². The Morgan fingerprint density at radius 3 is 2.03 bits per heavy atom. The maximum absolute atomic E-state index is 13.0. The molecule has 1 fully saturated rings. The highest BCUT2D eigenvalue weighted by molar-refractivity contribution is 7.89. The van der Waals surface area contributed by atoms with Gasteiger partial charge in [-0.05, 0) is 24.3 Å². The van der Waals surface area contributed by atoms with Crippen molar-refractivity contribution in [1.82, 2.24) is 9.21 Å². The van der Waals surface area contributed by atoms with E-state index in [0.29, 0.717) is 22.6 Å². The van der Waals surface area contributed by atoms with Crippen molar-refractivity contribution in [3.63, 3.8) is 0 Å². The van der Waals surface area contributed by atoms with Crippen molar-refractivity contribution in [3.8, 4) is 11.5 Å². The van der Waals surface area contributed by atoms with Gasteiger partial charge < -0.3 is 20.1 Å². The average molecular weight is 433 g/mol. The van der Waals surface area contributed by atoms with E-state index in [1.807, 2.05) is 0 Å². The van der Waals surface area contributed by atoms with Crippen LogP contribution in [0.4, 0.5) is 0 Å². The SMILES string of the molecule is COc1ccc(S(=O)(=O)N2CCN(C(=O)c3ccc(C(=N)N)cc3)CC2)cc1OC. The Labute approximate surface area is 175 Å². The molecule has 3 N–H and O–H groups in total. The second kappa shape index (κ2) is 8.72. The molecule has 0 radical (unpaired) electrons. The number of sulfonamides is 1. The van der Waals surface area contributed by atoms with E-state index < -0.39 is 10.0 Å². The average Bonchev–Trinajstić information content (AvgIpc) is 2.78. The molecule has 0 aliphatic carbocycles. The standard InChI is InChI=1S/C20H24N4O5S/c1-28-17-8-7-16(13-18(17)29-2)30(26,27)24-11-9-23(10-12-24)20(25)15-5-3-14(4-6-15)19(21)22/h3-8,13H,9-12H2,1-2H3,(H3,21,22). The van der Waals surface area contributed by atoms with Crippen LogP contribution in [0.3, 0.4) is 0 Å². The van der Waals surface area contributed by atoms with Crippen LogP contribution < -0.4 is 15.2 Å². The molecule has 1 saturated heterocycles. The molecule has 1 amide bonds. The van der Waals surface area contributed by atoms with Gasteiger partial charge in [-0.3, -0.25) is 10.2 Å². The van der Waals surface area contributed by atoms with Gasteiger partial charge in [-0.1, -0.05) is 12.1 Å². The molecule has 0 aromatic heterocycles. The highest BCUT2D eigenvalue weighted by Crippen LogP contribution is 2.31. The Kier molecular flexibility index (Phi) is 6.28. The molecule has 30 heavy (non-hydrogen) atoms. The van der Waals surface area contributed by atoms with Crippen LogP contribution >= 0.6 is 0 Å². The number of nitrogens with one attached hydrogen (secondary N) is 1. The minimum Gasteiger partial charge on any atom is -0.493 e. The zero-order chi connectivity index (χ0) is 21.9. The van der Waals surface area contributed by atoms with E-state index in [4.69, 9.17) is 20.6 Å². The maximum Gasteiger partial charge on any atom is 0.253 e. The Morgan fingerprint density at radius 2 is 1.50 bits per heavy atom. The molecule has 0 saturated carbocycles.